The van der Waals surface area contributed by atoms with Crippen LogP contribution >= 0.6 is 0 Å². The third kappa shape index (κ3) is 2.32. The standard InChI is InChI=1S/C13H18N.BrH/c1-3-4-10-14(2)11-9-12-7-5-6-8-13(12)14;/h3-8H,9-11H2,1-2H3;1H/q+1;/p-1. The van der Waals surface area contributed by atoms with E-state index < -0.39 is 0 Å². The van der Waals surface area contributed by atoms with Crippen molar-refractivity contribution < 1.29 is 17.0 Å². The van der Waals surface area contributed by atoms with Crippen LogP contribution in [-0.2, 0) is 6.42 Å². The molecule has 0 aliphatic carbocycles. The highest BCUT2D eigenvalue weighted by Gasteiger charge is 2.32. The van der Waals surface area contributed by atoms with E-state index in [2.05, 4.69) is 50.4 Å². The number of rotatable bonds is 2. The van der Waals surface area contributed by atoms with Crippen LogP contribution in [0, 0.1) is 0 Å². The molecule has 1 aliphatic rings. The highest BCUT2D eigenvalue weighted by atomic mass is 79.9. The van der Waals surface area contributed by atoms with Crippen molar-refractivity contribution in [2.45, 2.75) is 13.3 Å². The van der Waals surface area contributed by atoms with E-state index in [9.17, 15) is 0 Å². The van der Waals surface area contributed by atoms with Crippen LogP contribution < -0.4 is 21.5 Å². The lowest BCUT2D eigenvalue weighted by molar-refractivity contribution is -0.00000298. The molecule has 0 radical (unpaired) electrons. The first-order valence-electron chi connectivity index (χ1n) is 5.30. The number of fused-ring (bicyclic) bond motifs is 1. The molecule has 0 fully saturated rings. The second kappa shape index (κ2) is 4.95. The van der Waals surface area contributed by atoms with Crippen molar-refractivity contribution in [1.29, 1.82) is 0 Å². The molecule has 1 aromatic carbocycles. The van der Waals surface area contributed by atoms with Crippen LogP contribution in [0.2, 0.25) is 0 Å². The number of halogens is 1. The molecule has 15 heavy (non-hydrogen) atoms. The molecule has 0 aromatic heterocycles. The largest absolute Gasteiger partial charge is 1.00 e. The molecule has 2 rings (SSSR count). The van der Waals surface area contributed by atoms with Gasteiger partial charge in [0.1, 0.15) is 12.2 Å². The van der Waals surface area contributed by atoms with Crippen molar-refractivity contribution in [3.8, 4) is 0 Å². The smallest absolute Gasteiger partial charge is 0.136 e. The normalized spacial score (nSPS) is 23.9. The molecule has 1 aromatic rings. The summed E-state index contributed by atoms with van der Waals surface area (Å²) in [5.74, 6) is 0. The van der Waals surface area contributed by atoms with Crippen molar-refractivity contribution in [2.24, 2.45) is 0 Å². The minimum atomic E-state index is 0. The van der Waals surface area contributed by atoms with E-state index in [-0.39, 0.29) is 17.0 Å². The summed E-state index contributed by atoms with van der Waals surface area (Å²) in [5.41, 5.74) is 3.03. The van der Waals surface area contributed by atoms with Crippen LogP contribution in [0.25, 0.3) is 0 Å². The first-order valence-corrected chi connectivity index (χ1v) is 5.30. The predicted octanol–water partition coefficient (Wildman–Crippen LogP) is -0.240. The average Bonchev–Trinajstić information content (AvgIpc) is 2.55. The molecule has 0 saturated heterocycles. The third-order valence-electron chi connectivity index (χ3n) is 3.19. The van der Waals surface area contributed by atoms with Gasteiger partial charge in [0.2, 0.25) is 0 Å². The summed E-state index contributed by atoms with van der Waals surface area (Å²) < 4.78 is 1.07. The Morgan fingerprint density at radius 1 is 1.33 bits per heavy atom. The van der Waals surface area contributed by atoms with Gasteiger partial charge in [0.05, 0.1) is 13.6 Å². The SMILES string of the molecule is CC=CC[N+]1(C)CCc2ccccc21.[Br-]. The number of quaternary nitrogens is 1. The molecule has 1 heterocycles. The van der Waals surface area contributed by atoms with Crippen molar-refractivity contribution >= 4 is 5.69 Å². The van der Waals surface area contributed by atoms with Gasteiger partial charge in [0.25, 0.3) is 0 Å². The van der Waals surface area contributed by atoms with Gasteiger partial charge in [-0.2, -0.15) is 0 Å². The number of para-hydroxylation sites is 1. The third-order valence-corrected chi connectivity index (χ3v) is 3.19. The molecule has 2 heteroatoms. The molecule has 0 amide bonds. The van der Waals surface area contributed by atoms with Crippen LogP contribution in [0.3, 0.4) is 0 Å². The second-order valence-corrected chi connectivity index (χ2v) is 4.25. The first kappa shape index (κ1) is 12.5. The maximum atomic E-state index is 2.33. The Bertz CT molecular complexity index is 359. The van der Waals surface area contributed by atoms with Gasteiger partial charge in [-0.05, 0) is 19.1 Å². The van der Waals surface area contributed by atoms with Crippen LogP contribution in [0.15, 0.2) is 36.4 Å². The van der Waals surface area contributed by atoms with Gasteiger partial charge in [0, 0.05) is 12.0 Å². The zero-order chi connectivity index (χ0) is 10.0. The van der Waals surface area contributed by atoms with Crippen molar-refractivity contribution in [3.63, 3.8) is 0 Å². The minimum Gasteiger partial charge on any atom is -1.00 e. The Kier molecular flexibility index (Phi) is 4.12. The van der Waals surface area contributed by atoms with Crippen LogP contribution in [-0.4, -0.2) is 20.1 Å². The maximum absolute atomic E-state index is 2.33. The summed E-state index contributed by atoms with van der Waals surface area (Å²) in [5, 5.41) is 0. The Morgan fingerprint density at radius 3 is 2.80 bits per heavy atom. The first-order chi connectivity index (χ1) is 6.76. The van der Waals surface area contributed by atoms with E-state index in [0.29, 0.717) is 0 Å². The molecule has 1 aliphatic heterocycles. The Hall–Kier alpha value is -0.600. The minimum absolute atomic E-state index is 0. The summed E-state index contributed by atoms with van der Waals surface area (Å²) in [7, 11) is 2.33. The van der Waals surface area contributed by atoms with Gasteiger partial charge >= 0.3 is 0 Å². The molecule has 0 spiro atoms. The lowest BCUT2D eigenvalue weighted by Crippen LogP contribution is -3.00. The fourth-order valence-electron chi connectivity index (χ4n) is 2.26. The summed E-state index contributed by atoms with van der Waals surface area (Å²) in [6.07, 6.45) is 5.64. The van der Waals surface area contributed by atoms with Crippen molar-refractivity contribution in [2.75, 3.05) is 20.1 Å². The van der Waals surface area contributed by atoms with Crippen molar-refractivity contribution in [3.05, 3.63) is 42.0 Å². The van der Waals surface area contributed by atoms with Crippen LogP contribution in [0.1, 0.15) is 12.5 Å². The van der Waals surface area contributed by atoms with Gasteiger partial charge < -0.3 is 17.0 Å². The molecular weight excluding hydrogens is 250 g/mol. The average molecular weight is 268 g/mol. The fourth-order valence-corrected chi connectivity index (χ4v) is 2.26. The highest BCUT2D eigenvalue weighted by molar-refractivity contribution is 5.54. The van der Waals surface area contributed by atoms with E-state index in [1.165, 1.54) is 24.2 Å². The molecule has 0 saturated carbocycles. The highest BCUT2D eigenvalue weighted by Crippen LogP contribution is 2.32. The lowest BCUT2D eigenvalue weighted by Gasteiger charge is -2.28. The zero-order valence-corrected chi connectivity index (χ0v) is 11.0. The fraction of sp³-hybridized carbons (Fsp3) is 0.385. The number of nitrogens with zero attached hydrogens (tertiary/aromatic N) is 1. The second-order valence-electron chi connectivity index (χ2n) is 4.25. The van der Waals surface area contributed by atoms with E-state index >= 15 is 0 Å². The Morgan fingerprint density at radius 2 is 2.07 bits per heavy atom. The number of likely N-dealkylation sites (N-methyl/N-ethyl adjacent to an activating group) is 1. The van der Waals surface area contributed by atoms with Gasteiger partial charge in [-0.15, -0.1) is 0 Å². The number of allylic oxidation sites excluding steroid dienone is 1. The maximum Gasteiger partial charge on any atom is 0.136 e. The molecule has 1 atom stereocenters. The number of benzene rings is 1. The molecule has 82 valence electrons. The van der Waals surface area contributed by atoms with E-state index in [1.807, 2.05) is 0 Å². The van der Waals surface area contributed by atoms with E-state index in [1.54, 1.807) is 0 Å². The van der Waals surface area contributed by atoms with Gasteiger partial charge in [-0.3, -0.25) is 4.48 Å². The number of hydrogen-bond donors (Lipinski definition) is 0. The van der Waals surface area contributed by atoms with Crippen LogP contribution in [0.5, 0.6) is 0 Å². The Balaban J connectivity index is 0.00000112. The van der Waals surface area contributed by atoms with Gasteiger partial charge in [0.15, 0.2) is 0 Å². The van der Waals surface area contributed by atoms with E-state index in [4.69, 9.17) is 0 Å². The molecule has 0 N–H and O–H groups in total. The summed E-state index contributed by atoms with van der Waals surface area (Å²) >= 11 is 0. The quantitative estimate of drug-likeness (QED) is 0.513. The van der Waals surface area contributed by atoms with Crippen molar-refractivity contribution in [1.82, 2.24) is 4.48 Å². The zero-order valence-electron chi connectivity index (χ0n) is 9.41. The monoisotopic (exact) mass is 267 g/mol. The summed E-state index contributed by atoms with van der Waals surface area (Å²) in [6.45, 7) is 4.45. The summed E-state index contributed by atoms with van der Waals surface area (Å²) in [4.78, 5) is 0. The Labute approximate surface area is 103 Å². The molecular formula is C13H18BrN. The molecule has 1 unspecified atom stereocenters. The topological polar surface area (TPSA) is 0 Å². The molecule has 0 bridgehead atoms. The predicted molar refractivity (Wildman–Crippen MR) is 62.4 cm³/mol. The van der Waals surface area contributed by atoms with Gasteiger partial charge in [-0.1, -0.05) is 24.3 Å². The van der Waals surface area contributed by atoms with E-state index in [0.717, 1.165) is 11.0 Å². The molecule has 1 nitrogen and oxygen atoms in total. The summed E-state index contributed by atoms with van der Waals surface area (Å²) in [6, 6.07) is 8.82. The lowest BCUT2D eigenvalue weighted by atomic mass is 10.2. The van der Waals surface area contributed by atoms with Crippen LogP contribution in [0.4, 0.5) is 5.69 Å². The number of hydrogen-bond acceptors (Lipinski definition) is 0. The van der Waals surface area contributed by atoms with Gasteiger partial charge in [-0.25, -0.2) is 0 Å².